The zero-order valence-corrected chi connectivity index (χ0v) is 45.2. The summed E-state index contributed by atoms with van der Waals surface area (Å²) in [4.78, 5) is 130. The number of urea groups is 3. The first-order valence-electron chi connectivity index (χ1n) is 27.3. The standard InChI is InChI=1S/C54H87N9O9/c1-49(2)25-37(55-43(67)58-22-16-10-13-19-40(58)64)28-52(7,31-49)34-61-46(70)62(35-53(8)29-38(26-50(3,4)32-53)56-44(68)59-23-17-11-14-20-41(59)65)48(72)63(47(61)71)36-54(9)30-39(27-51(5,6)33-54)57-45(69)60-24-18-12-15-21-42(60)66/h37-39H,10-36H2,1-9H3,(H,55,67)(H,56,68)(H,57,69)/t37-,38-,39-,52+,53+,54+/m1/s1. The van der Waals surface area contributed by atoms with Gasteiger partial charge in [-0.3, -0.25) is 29.1 Å². The molecule has 3 N–H and O–H groups in total. The predicted octanol–water partition coefficient (Wildman–Crippen LogP) is 7.26. The minimum absolute atomic E-state index is 0.0289. The van der Waals surface area contributed by atoms with Crippen molar-refractivity contribution >= 4 is 35.8 Å². The van der Waals surface area contributed by atoms with Crippen LogP contribution in [0.25, 0.3) is 0 Å². The Hall–Kier alpha value is -4.77. The number of hydrogen-bond donors (Lipinski definition) is 3. The molecule has 18 nitrogen and oxygen atoms in total. The van der Waals surface area contributed by atoms with Crippen molar-refractivity contribution in [2.45, 2.75) is 235 Å². The maximum atomic E-state index is 15.2. The molecular formula is C54H87N9O9. The number of amides is 9. The van der Waals surface area contributed by atoms with Crippen LogP contribution in [0.3, 0.4) is 0 Å². The highest BCUT2D eigenvalue weighted by atomic mass is 16.2. The maximum absolute atomic E-state index is 15.2. The lowest BCUT2D eigenvalue weighted by Crippen LogP contribution is -2.60. The Bertz CT molecular complexity index is 2150. The van der Waals surface area contributed by atoms with Gasteiger partial charge in [-0.25, -0.2) is 42.5 Å². The molecule has 0 bridgehead atoms. The monoisotopic (exact) mass is 1010 g/mol. The van der Waals surface area contributed by atoms with Gasteiger partial charge in [0.1, 0.15) is 0 Å². The second-order valence-electron chi connectivity index (χ2n) is 26.8. The molecule has 3 aliphatic heterocycles. The van der Waals surface area contributed by atoms with E-state index in [9.17, 15) is 28.8 Å². The van der Waals surface area contributed by atoms with Crippen molar-refractivity contribution in [1.29, 1.82) is 0 Å². The summed E-state index contributed by atoms with van der Waals surface area (Å²) in [5.74, 6) is -0.570. The lowest BCUT2D eigenvalue weighted by Gasteiger charge is -2.48. The van der Waals surface area contributed by atoms with Gasteiger partial charge in [0.2, 0.25) is 17.7 Å². The lowest BCUT2D eigenvalue weighted by atomic mass is 9.62. The van der Waals surface area contributed by atoms with Crippen LogP contribution in [0, 0.1) is 32.5 Å². The van der Waals surface area contributed by atoms with Crippen LogP contribution in [-0.4, -0.2) is 102 Å². The van der Waals surface area contributed by atoms with Crippen molar-refractivity contribution in [3.8, 4) is 0 Å². The van der Waals surface area contributed by atoms with Crippen LogP contribution in [-0.2, 0) is 34.0 Å². The van der Waals surface area contributed by atoms with Gasteiger partial charge in [-0.05, 0) is 129 Å². The summed E-state index contributed by atoms with van der Waals surface area (Å²) in [5.41, 5.74) is -5.28. The van der Waals surface area contributed by atoms with E-state index in [0.717, 1.165) is 57.8 Å². The van der Waals surface area contributed by atoms with Crippen LogP contribution in [0.1, 0.15) is 197 Å². The summed E-state index contributed by atoms with van der Waals surface area (Å²) in [6.45, 7) is 19.7. The molecule has 1 aromatic rings. The fourth-order valence-corrected chi connectivity index (χ4v) is 15.2. The van der Waals surface area contributed by atoms with Crippen LogP contribution in [0.4, 0.5) is 14.4 Å². The molecule has 0 aromatic carbocycles. The van der Waals surface area contributed by atoms with Crippen molar-refractivity contribution in [3.05, 3.63) is 31.5 Å². The second-order valence-corrected chi connectivity index (χ2v) is 26.8. The van der Waals surface area contributed by atoms with E-state index in [-0.39, 0.29) is 71.7 Å². The predicted molar refractivity (Wildman–Crippen MR) is 274 cm³/mol. The molecule has 9 amide bonds. The summed E-state index contributed by atoms with van der Waals surface area (Å²) in [7, 11) is 0. The van der Waals surface area contributed by atoms with Crippen molar-refractivity contribution in [2.75, 3.05) is 19.6 Å². The lowest BCUT2D eigenvalue weighted by molar-refractivity contribution is -0.128. The smallest absolute Gasteiger partial charge is 0.335 e. The summed E-state index contributed by atoms with van der Waals surface area (Å²) in [5, 5.41) is 9.49. The van der Waals surface area contributed by atoms with Crippen LogP contribution < -0.4 is 33.0 Å². The van der Waals surface area contributed by atoms with Gasteiger partial charge >= 0.3 is 35.2 Å². The molecule has 3 aliphatic carbocycles. The van der Waals surface area contributed by atoms with Gasteiger partial charge in [-0.2, -0.15) is 0 Å². The zero-order chi connectivity index (χ0) is 52.6. The Balaban J connectivity index is 1.24. The van der Waals surface area contributed by atoms with E-state index in [1.54, 1.807) is 0 Å². The third kappa shape index (κ3) is 13.3. The molecular weight excluding hydrogens is 919 g/mol. The molecule has 3 saturated heterocycles. The summed E-state index contributed by atoms with van der Waals surface area (Å²) >= 11 is 0. The molecule has 0 spiro atoms. The number of carbonyl (C=O) groups is 6. The van der Waals surface area contributed by atoms with E-state index >= 15 is 14.4 Å². The molecule has 6 aliphatic rings. The molecule has 4 heterocycles. The van der Waals surface area contributed by atoms with Crippen molar-refractivity contribution < 1.29 is 28.8 Å². The number of aromatic nitrogens is 3. The summed E-state index contributed by atoms with van der Waals surface area (Å²) in [6.07, 6.45) is 13.1. The number of rotatable bonds is 9. The van der Waals surface area contributed by atoms with Crippen LogP contribution in [0.2, 0.25) is 0 Å². The first-order chi connectivity index (χ1) is 33.6. The van der Waals surface area contributed by atoms with E-state index in [0.29, 0.717) is 96.7 Å². The van der Waals surface area contributed by atoms with Crippen molar-refractivity contribution in [3.63, 3.8) is 0 Å². The van der Waals surface area contributed by atoms with Gasteiger partial charge in [0, 0.05) is 76.7 Å². The average Bonchev–Trinajstić information content (AvgIpc) is 3.70. The largest absolute Gasteiger partial charge is 0.336 e. The Labute approximate surface area is 426 Å². The van der Waals surface area contributed by atoms with Crippen LogP contribution in [0.15, 0.2) is 14.4 Å². The van der Waals surface area contributed by atoms with Crippen LogP contribution >= 0.6 is 0 Å². The Morgan fingerprint density at radius 3 is 0.889 bits per heavy atom. The normalized spacial score (nSPS) is 31.2. The number of carbonyl (C=O) groups excluding carboxylic acids is 6. The van der Waals surface area contributed by atoms with Gasteiger partial charge in [-0.15, -0.1) is 0 Å². The van der Waals surface area contributed by atoms with E-state index in [4.69, 9.17) is 0 Å². The molecule has 0 unspecified atom stereocenters. The van der Waals surface area contributed by atoms with Crippen LogP contribution in [0.5, 0.6) is 0 Å². The van der Waals surface area contributed by atoms with Gasteiger partial charge < -0.3 is 16.0 Å². The Kier molecular flexibility index (Phi) is 16.2. The maximum Gasteiger partial charge on any atom is 0.336 e. The van der Waals surface area contributed by atoms with Gasteiger partial charge in [0.05, 0.1) is 0 Å². The van der Waals surface area contributed by atoms with Gasteiger partial charge in [-0.1, -0.05) is 81.6 Å². The number of nitrogens with one attached hydrogen (secondary N) is 3. The number of nitrogens with zero attached hydrogens (tertiary/aromatic N) is 6. The van der Waals surface area contributed by atoms with Crippen molar-refractivity contribution in [2.24, 2.45) is 32.5 Å². The molecule has 402 valence electrons. The highest BCUT2D eigenvalue weighted by molar-refractivity contribution is 5.96. The molecule has 6 fully saturated rings. The highest BCUT2D eigenvalue weighted by Crippen LogP contribution is 2.49. The highest BCUT2D eigenvalue weighted by Gasteiger charge is 2.47. The molecule has 0 radical (unpaired) electrons. The molecule has 18 heteroatoms. The molecule has 3 saturated carbocycles. The summed E-state index contributed by atoms with van der Waals surface area (Å²) < 4.78 is 3.68. The van der Waals surface area contributed by atoms with E-state index in [2.05, 4.69) is 57.5 Å². The molecule has 7 rings (SSSR count). The quantitative estimate of drug-likeness (QED) is 0.227. The first kappa shape index (κ1) is 55.0. The Morgan fingerprint density at radius 1 is 0.389 bits per heavy atom. The number of imide groups is 3. The fraction of sp³-hybridized carbons (Fsp3) is 0.833. The third-order valence-corrected chi connectivity index (χ3v) is 16.8. The number of likely N-dealkylation sites (tertiary alicyclic amines) is 3. The summed E-state index contributed by atoms with van der Waals surface area (Å²) in [6, 6.07) is -2.34. The topological polar surface area (TPSA) is 214 Å². The molecule has 1 aromatic heterocycles. The van der Waals surface area contributed by atoms with E-state index in [1.165, 1.54) is 28.4 Å². The van der Waals surface area contributed by atoms with Gasteiger partial charge in [0.15, 0.2) is 0 Å². The van der Waals surface area contributed by atoms with E-state index in [1.807, 2.05) is 20.8 Å². The third-order valence-electron chi connectivity index (χ3n) is 16.8. The minimum Gasteiger partial charge on any atom is -0.335 e. The first-order valence-corrected chi connectivity index (χ1v) is 27.3. The van der Waals surface area contributed by atoms with Crippen molar-refractivity contribution in [1.82, 2.24) is 44.4 Å². The van der Waals surface area contributed by atoms with Gasteiger partial charge in [0.25, 0.3) is 0 Å². The molecule has 6 atom stereocenters. The second kappa shape index (κ2) is 21.2. The Morgan fingerprint density at radius 2 is 0.639 bits per heavy atom. The number of hydrogen-bond acceptors (Lipinski definition) is 9. The average molecular weight is 1010 g/mol. The SMILES string of the molecule is CC1(C)C[C@@H](NC(=O)N2CCCCCC2=O)C[C@](C)(Cn2c(=O)n(C[C@@]3(C)C[C@H](NC(=O)N4CCCCCC4=O)CC(C)(C)C3)c(=O)n(C[C@@]3(C)C[C@H](NC(=O)N4CCCCCC4=O)CC(C)(C)C3)c2=O)C1. The molecule has 72 heavy (non-hydrogen) atoms. The zero-order valence-electron chi connectivity index (χ0n) is 45.2. The van der Waals surface area contributed by atoms with E-state index < -0.39 is 51.4 Å². The minimum atomic E-state index is -0.719. The fourth-order valence-electron chi connectivity index (χ4n) is 15.2.